The SMILES string of the molecule is CCC(=O)O[C@]1(C(=O)CS)[C@@H](C)C[C@H]2[C@@H]3CCC4=CC(=O)C=C[C@]4(C)[C@@]3(F)C(O)C[C@@]21C. The van der Waals surface area contributed by atoms with Gasteiger partial charge in [0.1, 0.15) is 0 Å². The molecule has 3 fully saturated rings. The Morgan fingerprint density at radius 3 is 2.62 bits per heavy atom. The minimum Gasteiger partial charge on any atom is -0.450 e. The Morgan fingerprint density at radius 1 is 1.31 bits per heavy atom. The van der Waals surface area contributed by atoms with E-state index < -0.39 is 40.1 Å². The predicted octanol–water partition coefficient (Wildman–Crippen LogP) is 3.79. The van der Waals surface area contributed by atoms with Crippen molar-refractivity contribution >= 4 is 30.2 Å². The van der Waals surface area contributed by atoms with E-state index in [1.807, 2.05) is 13.8 Å². The Balaban J connectivity index is 1.85. The molecule has 4 aliphatic carbocycles. The van der Waals surface area contributed by atoms with Gasteiger partial charge in [-0.15, -0.1) is 0 Å². The average Bonchev–Trinajstić information content (AvgIpc) is 2.96. The van der Waals surface area contributed by atoms with E-state index in [-0.39, 0.29) is 42.0 Å². The third-order valence-electron chi connectivity index (χ3n) is 9.30. The molecule has 3 saturated carbocycles. The number of alkyl halides is 1. The Labute approximate surface area is 194 Å². The summed E-state index contributed by atoms with van der Waals surface area (Å²) in [4.78, 5) is 37.8. The first-order valence-electron chi connectivity index (χ1n) is 11.6. The molecule has 1 N–H and O–H groups in total. The average molecular weight is 465 g/mol. The lowest BCUT2D eigenvalue weighted by atomic mass is 9.44. The summed E-state index contributed by atoms with van der Waals surface area (Å²) in [6.45, 7) is 7.20. The first-order chi connectivity index (χ1) is 14.9. The lowest BCUT2D eigenvalue weighted by Crippen LogP contribution is -2.70. The van der Waals surface area contributed by atoms with Crippen LogP contribution in [-0.2, 0) is 19.1 Å². The van der Waals surface area contributed by atoms with Crippen molar-refractivity contribution < 1.29 is 28.6 Å². The zero-order valence-corrected chi connectivity index (χ0v) is 20.1. The van der Waals surface area contributed by atoms with Crippen LogP contribution in [0.3, 0.4) is 0 Å². The lowest BCUT2D eigenvalue weighted by Gasteiger charge is -2.62. The molecule has 0 radical (unpaired) electrons. The van der Waals surface area contributed by atoms with Crippen molar-refractivity contribution in [2.75, 3.05) is 5.75 Å². The number of halogens is 1. The molecule has 0 aromatic heterocycles. The molecule has 7 heteroatoms. The highest BCUT2D eigenvalue weighted by Crippen LogP contribution is 2.71. The molecular formula is C25H33FO5S. The highest BCUT2D eigenvalue weighted by Gasteiger charge is 2.77. The van der Waals surface area contributed by atoms with Crippen LogP contribution in [0, 0.1) is 28.6 Å². The number of thiol groups is 1. The van der Waals surface area contributed by atoms with E-state index in [2.05, 4.69) is 12.6 Å². The van der Waals surface area contributed by atoms with Crippen LogP contribution in [0.15, 0.2) is 23.8 Å². The molecule has 0 saturated heterocycles. The summed E-state index contributed by atoms with van der Waals surface area (Å²) < 4.78 is 23.1. The second-order valence-electron chi connectivity index (χ2n) is 10.5. The van der Waals surface area contributed by atoms with Crippen LogP contribution in [0.1, 0.15) is 59.8 Å². The Hall–Kier alpha value is -1.47. The molecule has 32 heavy (non-hydrogen) atoms. The molecule has 1 unspecified atom stereocenters. The van der Waals surface area contributed by atoms with Gasteiger partial charge in [-0.1, -0.05) is 32.4 Å². The summed E-state index contributed by atoms with van der Waals surface area (Å²) in [7, 11) is 0. The number of carbonyl (C=O) groups excluding carboxylic acids is 3. The zero-order valence-electron chi connectivity index (χ0n) is 19.2. The van der Waals surface area contributed by atoms with Crippen molar-refractivity contribution in [1.82, 2.24) is 0 Å². The number of carbonyl (C=O) groups is 3. The van der Waals surface area contributed by atoms with Gasteiger partial charge in [0.05, 0.1) is 11.9 Å². The summed E-state index contributed by atoms with van der Waals surface area (Å²) in [5.41, 5.74) is -4.71. The first-order valence-corrected chi connectivity index (χ1v) is 12.2. The number of hydrogen-bond acceptors (Lipinski definition) is 6. The largest absolute Gasteiger partial charge is 0.450 e. The monoisotopic (exact) mass is 464 g/mol. The minimum atomic E-state index is -1.98. The summed E-state index contributed by atoms with van der Waals surface area (Å²) in [6, 6.07) is 0. The van der Waals surface area contributed by atoms with E-state index in [1.54, 1.807) is 19.9 Å². The van der Waals surface area contributed by atoms with E-state index >= 15 is 4.39 Å². The fraction of sp³-hybridized carbons (Fsp3) is 0.720. The summed E-state index contributed by atoms with van der Waals surface area (Å²) in [6.07, 6.45) is 4.80. The Morgan fingerprint density at radius 2 is 2.00 bits per heavy atom. The number of fused-ring (bicyclic) bond motifs is 5. The molecule has 176 valence electrons. The topological polar surface area (TPSA) is 80.7 Å². The maximum absolute atomic E-state index is 17.2. The quantitative estimate of drug-likeness (QED) is 0.489. The van der Waals surface area contributed by atoms with E-state index in [0.717, 1.165) is 0 Å². The molecule has 0 amide bonds. The van der Waals surface area contributed by atoms with Gasteiger partial charge < -0.3 is 9.84 Å². The smallest absolute Gasteiger partial charge is 0.306 e. The van der Waals surface area contributed by atoms with E-state index in [4.69, 9.17) is 4.74 Å². The van der Waals surface area contributed by atoms with Crippen LogP contribution in [0.5, 0.6) is 0 Å². The van der Waals surface area contributed by atoms with Crippen LogP contribution >= 0.6 is 12.6 Å². The molecule has 0 spiro atoms. The van der Waals surface area contributed by atoms with Crippen LogP contribution in [0.25, 0.3) is 0 Å². The van der Waals surface area contributed by atoms with Gasteiger partial charge in [-0.25, -0.2) is 4.39 Å². The van der Waals surface area contributed by atoms with Crippen LogP contribution in [0.4, 0.5) is 4.39 Å². The summed E-state index contributed by atoms with van der Waals surface area (Å²) >= 11 is 4.22. The summed E-state index contributed by atoms with van der Waals surface area (Å²) in [5, 5.41) is 11.4. The molecule has 0 aromatic rings. The van der Waals surface area contributed by atoms with Crippen LogP contribution in [-0.4, -0.2) is 45.8 Å². The van der Waals surface area contributed by atoms with Gasteiger partial charge in [0.25, 0.3) is 0 Å². The van der Waals surface area contributed by atoms with Crippen LogP contribution < -0.4 is 0 Å². The van der Waals surface area contributed by atoms with E-state index in [1.165, 1.54) is 12.2 Å². The van der Waals surface area contributed by atoms with Crippen molar-refractivity contribution in [1.29, 1.82) is 0 Å². The third-order valence-corrected chi connectivity index (χ3v) is 9.59. The van der Waals surface area contributed by atoms with Gasteiger partial charge in [0.2, 0.25) is 0 Å². The highest BCUT2D eigenvalue weighted by molar-refractivity contribution is 7.81. The van der Waals surface area contributed by atoms with E-state index in [9.17, 15) is 19.5 Å². The van der Waals surface area contributed by atoms with Crippen molar-refractivity contribution in [2.24, 2.45) is 28.6 Å². The number of esters is 1. The fourth-order valence-corrected chi connectivity index (χ4v) is 8.00. The van der Waals surface area contributed by atoms with E-state index in [0.29, 0.717) is 24.8 Å². The molecule has 5 nitrogen and oxygen atoms in total. The first kappa shape index (κ1) is 23.7. The van der Waals surface area contributed by atoms with Gasteiger partial charge in [-0.05, 0) is 50.7 Å². The molecule has 4 aliphatic rings. The number of aliphatic hydroxyl groups is 1. The molecular weight excluding hydrogens is 431 g/mol. The van der Waals surface area contributed by atoms with Crippen molar-refractivity contribution in [3.63, 3.8) is 0 Å². The zero-order chi connectivity index (χ0) is 23.7. The number of hydrogen-bond donors (Lipinski definition) is 2. The number of allylic oxidation sites excluding steroid dienone is 4. The Bertz CT molecular complexity index is 929. The summed E-state index contributed by atoms with van der Waals surface area (Å²) in [5.74, 6) is -2.14. The molecule has 4 rings (SSSR count). The van der Waals surface area contributed by atoms with Gasteiger partial charge >= 0.3 is 5.97 Å². The standard InChI is InChI=1S/C25H33FO5S/c1-5-21(30)31-25(20(29)13-32)14(2)10-18-17-7-6-15-11-16(27)8-9-22(15,3)24(17,26)19(28)12-23(18,25)4/h8-9,11,14,17-19,28,32H,5-7,10,12-13H2,1-4H3/t14-,17-,18-,19?,22-,23-,24-,25-/m0/s1. The highest BCUT2D eigenvalue weighted by atomic mass is 32.1. The van der Waals surface area contributed by atoms with Crippen molar-refractivity contribution in [3.8, 4) is 0 Å². The molecule has 0 aromatic carbocycles. The lowest BCUT2D eigenvalue weighted by molar-refractivity contribution is -0.226. The number of aliphatic hydroxyl groups excluding tert-OH is 1. The van der Waals surface area contributed by atoms with Crippen molar-refractivity contribution in [3.05, 3.63) is 23.8 Å². The van der Waals surface area contributed by atoms with Gasteiger partial charge in [0.15, 0.2) is 22.8 Å². The number of ether oxygens (including phenoxy) is 1. The predicted molar refractivity (Wildman–Crippen MR) is 121 cm³/mol. The molecule has 0 bridgehead atoms. The maximum Gasteiger partial charge on any atom is 0.306 e. The normalized spacial score (nSPS) is 47.2. The number of ketones is 2. The van der Waals surface area contributed by atoms with Crippen molar-refractivity contribution in [2.45, 2.75) is 77.2 Å². The Kier molecular flexibility index (Phi) is 5.57. The van der Waals surface area contributed by atoms with Gasteiger partial charge in [0, 0.05) is 29.1 Å². The molecule has 0 heterocycles. The molecule has 8 atom stereocenters. The maximum atomic E-state index is 17.2. The van der Waals surface area contributed by atoms with Crippen LogP contribution in [0.2, 0.25) is 0 Å². The van der Waals surface area contributed by atoms with Gasteiger partial charge in [-0.2, -0.15) is 12.6 Å². The minimum absolute atomic E-state index is 0.00379. The number of rotatable bonds is 4. The second-order valence-corrected chi connectivity index (χ2v) is 10.9. The molecule has 0 aliphatic heterocycles. The fourth-order valence-electron chi connectivity index (χ4n) is 7.77. The second kappa shape index (κ2) is 7.52. The third kappa shape index (κ3) is 2.70. The number of Topliss-reactive ketones (excluding diaryl/α,β-unsaturated/α-hetero) is 1. The van der Waals surface area contributed by atoms with Gasteiger partial charge in [-0.3, -0.25) is 14.4 Å².